The van der Waals surface area contributed by atoms with Crippen LogP contribution in [0, 0.1) is 5.82 Å². The lowest BCUT2D eigenvalue weighted by molar-refractivity contribution is 0.479. The zero-order valence-electron chi connectivity index (χ0n) is 10.6. The van der Waals surface area contributed by atoms with Crippen LogP contribution in [0.1, 0.15) is 12.5 Å². The Hall–Kier alpha value is -1.39. The molecule has 0 aromatic heterocycles. The van der Waals surface area contributed by atoms with Gasteiger partial charge in [0, 0.05) is 6.04 Å². The van der Waals surface area contributed by atoms with E-state index in [2.05, 4.69) is 15.9 Å². The zero-order chi connectivity index (χ0) is 13.8. The molecule has 0 aliphatic carbocycles. The highest BCUT2D eigenvalue weighted by Gasteiger charge is 2.04. The number of hydrogen-bond donors (Lipinski definition) is 1. The molecule has 0 aliphatic rings. The molecule has 2 N–H and O–H groups in total. The summed E-state index contributed by atoms with van der Waals surface area (Å²) < 4.78 is 19.2. The van der Waals surface area contributed by atoms with Crippen LogP contribution in [0.2, 0.25) is 0 Å². The van der Waals surface area contributed by atoms with Crippen LogP contribution in [0.3, 0.4) is 0 Å². The summed E-state index contributed by atoms with van der Waals surface area (Å²) in [6.07, 6.45) is 0.796. The molecule has 2 nitrogen and oxygen atoms in total. The van der Waals surface area contributed by atoms with Gasteiger partial charge in [0.2, 0.25) is 0 Å². The third kappa shape index (κ3) is 4.04. The minimum absolute atomic E-state index is 0.107. The van der Waals surface area contributed by atoms with Gasteiger partial charge in [-0.3, -0.25) is 0 Å². The molecule has 0 amide bonds. The van der Waals surface area contributed by atoms with Crippen molar-refractivity contribution >= 4 is 15.9 Å². The molecule has 0 saturated carbocycles. The smallest absolute Gasteiger partial charge is 0.137 e. The lowest BCUT2D eigenvalue weighted by Gasteiger charge is -2.09. The Morgan fingerprint density at radius 1 is 1.21 bits per heavy atom. The molecule has 100 valence electrons. The molecule has 1 atom stereocenters. The first-order valence-electron chi connectivity index (χ1n) is 6.02. The topological polar surface area (TPSA) is 35.2 Å². The Bertz CT molecular complexity index is 572. The van der Waals surface area contributed by atoms with Gasteiger partial charge >= 0.3 is 0 Å². The predicted molar refractivity (Wildman–Crippen MR) is 78.0 cm³/mol. The van der Waals surface area contributed by atoms with Gasteiger partial charge in [-0.1, -0.05) is 12.1 Å². The molecule has 4 heteroatoms. The molecule has 0 radical (unpaired) electrons. The van der Waals surface area contributed by atoms with Crippen molar-refractivity contribution in [3.05, 3.63) is 58.3 Å². The van der Waals surface area contributed by atoms with Crippen LogP contribution in [0.25, 0.3) is 0 Å². The van der Waals surface area contributed by atoms with Crippen LogP contribution in [0.4, 0.5) is 4.39 Å². The van der Waals surface area contributed by atoms with Crippen LogP contribution in [0.15, 0.2) is 46.9 Å². The van der Waals surface area contributed by atoms with Gasteiger partial charge in [-0.2, -0.15) is 0 Å². The van der Waals surface area contributed by atoms with Gasteiger partial charge in [0.1, 0.15) is 17.3 Å². The Morgan fingerprint density at radius 2 is 1.95 bits per heavy atom. The fraction of sp³-hybridized carbons (Fsp3) is 0.200. The van der Waals surface area contributed by atoms with E-state index in [1.807, 2.05) is 31.2 Å². The van der Waals surface area contributed by atoms with Crippen molar-refractivity contribution in [2.45, 2.75) is 19.4 Å². The van der Waals surface area contributed by atoms with Crippen LogP contribution < -0.4 is 10.5 Å². The zero-order valence-corrected chi connectivity index (χ0v) is 12.2. The van der Waals surface area contributed by atoms with Crippen LogP contribution in [-0.4, -0.2) is 6.04 Å². The minimum Gasteiger partial charge on any atom is -0.457 e. The highest BCUT2D eigenvalue weighted by Crippen LogP contribution is 2.27. The maximum Gasteiger partial charge on any atom is 0.137 e. The summed E-state index contributed by atoms with van der Waals surface area (Å²) in [7, 11) is 0. The fourth-order valence-electron chi connectivity index (χ4n) is 1.78. The Labute approximate surface area is 120 Å². The largest absolute Gasteiger partial charge is 0.457 e. The number of rotatable bonds is 4. The van der Waals surface area contributed by atoms with E-state index in [0.29, 0.717) is 10.2 Å². The summed E-state index contributed by atoms with van der Waals surface area (Å²) in [6.45, 7) is 1.96. The second kappa shape index (κ2) is 6.17. The number of ether oxygens (including phenoxy) is 1. The summed E-state index contributed by atoms with van der Waals surface area (Å²) in [4.78, 5) is 0. The lowest BCUT2D eigenvalue weighted by atomic mass is 10.1. The highest BCUT2D eigenvalue weighted by atomic mass is 79.9. The second-order valence-corrected chi connectivity index (χ2v) is 5.36. The Morgan fingerprint density at radius 3 is 2.63 bits per heavy atom. The second-order valence-electron chi connectivity index (χ2n) is 4.51. The monoisotopic (exact) mass is 323 g/mol. The fourth-order valence-corrected chi connectivity index (χ4v) is 2.14. The van der Waals surface area contributed by atoms with Gasteiger partial charge in [-0.05, 0) is 65.2 Å². The molecule has 1 unspecified atom stereocenters. The quantitative estimate of drug-likeness (QED) is 0.911. The van der Waals surface area contributed by atoms with Gasteiger partial charge in [0.25, 0.3) is 0 Å². The molecular formula is C15H15BrFNO. The number of nitrogens with two attached hydrogens (primary N) is 1. The van der Waals surface area contributed by atoms with E-state index >= 15 is 0 Å². The van der Waals surface area contributed by atoms with Gasteiger partial charge < -0.3 is 10.5 Å². The first kappa shape index (κ1) is 14.0. The summed E-state index contributed by atoms with van der Waals surface area (Å²) in [6, 6.07) is 12.4. The van der Waals surface area contributed by atoms with E-state index in [1.54, 1.807) is 12.1 Å². The van der Waals surface area contributed by atoms with Crippen molar-refractivity contribution in [2.75, 3.05) is 0 Å². The van der Waals surface area contributed by atoms with E-state index < -0.39 is 0 Å². The van der Waals surface area contributed by atoms with Crippen LogP contribution in [-0.2, 0) is 6.42 Å². The third-order valence-electron chi connectivity index (χ3n) is 2.58. The van der Waals surface area contributed by atoms with Crippen molar-refractivity contribution < 1.29 is 9.13 Å². The van der Waals surface area contributed by atoms with Crippen LogP contribution in [0.5, 0.6) is 11.5 Å². The van der Waals surface area contributed by atoms with E-state index in [1.165, 1.54) is 6.07 Å². The molecule has 0 bridgehead atoms. The molecule has 19 heavy (non-hydrogen) atoms. The van der Waals surface area contributed by atoms with Crippen molar-refractivity contribution in [3.63, 3.8) is 0 Å². The molecule has 0 fully saturated rings. The maximum atomic E-state index is 13.1. The summed E-state index contributed by atoms with van der Waals surface area (Å²) in [5, 5.41) is 0. The highest BCUT2D eigenvalue weighted by molar-refractivity contribution is 9.10. The van der Waals surface area contributed by atoms with Crippen molar-refractivity contribution in [3.8, 4) is 11.5 Å². The van der Waals surface area contributed by atoms with E-state index in [0.717, 1.165) is 17.7 Å². The molecule has 0 spiro atoms. The van der Waals surface area contributed by atoms with Gasteiger partial charge in [-0.15, -0.1) is 0 Å². The summed E-state index contributed by atoms with van der Waals surface area (Å²) in [5.74, 6) is 1.00. The van der Waals surface area contributed by atoms with E-state index in [-0.39, 0.29) is 11.9 Å². The van der Waals surface area contributed by atoms with Crippen molar-refractivity contribution in [1.82, 2.24) is 0 Å². The van der Waals surface area contributed by atoms with E-state index in [9.17, 15) is 4.39 Å². The standard InChI is InChI=1S/C15H15BrFNO/c1-10(18)7-11-3-2-4-12(8-11)19-13-5-6-15(17)14(16)9-13/h2-6,8-10H,7,18H2,1H3. The average molecular weight is 324 g/mol. The Kier molecular flexibility index (Phi) is 4.56. The summed E-state index contributed by atoms with van der Waals surface area (Å²) in [5.41, 5.74) is 6.89. The maximum absolute atomic E-state index is 13.1. The first-order valence-corrected chi connectivity index (χ1v) is 6.81. The predicted octanol–water partition coefficient (Wildman–Crippen LogP) is 4.27. The number of benzene rings is 2. The average Bonchev–Trinajstić information content (AvgIpc) is 2.33. The molecular weight excluding hydrogens is 309 g/mol. The molecule has 0 aliphatic heterocycles. The van der Waals surface area contributed by atoms with Gasteiger partial charge in [-0.25, -0.2) is 4.39 Å². The summed E-state index contributed by atoms with van der Waals surface area (Å²) >= 11 is 3.14. The van der Waals surface area contributed by atoms with Crippen LogP contribution >= 0.6 is 15.9 Å². The van der Waals surface area contributed by atoms with Crippen molar-refractivity contribution in [2.24, 2.45) is 5.73 Å². The Balaban J connectivity index is 2.16. The third-order valence-corrected chi connectivity index (χ3v) is 3.19. The first-order chi connectivity index (χ1) is 9.04. The van der Waals surface area contributed by atoms with Crippen molar-refractivity contribution in [1.29, 1.82) is 0 Å². The molecule has 0 saturated heterocycles. The number of hydrogen-bond acceptors (Lipinski definition) is 2. The van der Waals surface area contributed by atoms with Gasteiger partial charge in [0.05, 0.1) is 4.47 Å². The normalized spacial score (nSPS) is 12.2. The van der Waals surface area contributed by atoms with E-state index in [4.69, 9.17) is 10.5 Å². The van der Waals surface area contributed by atoms with Gasteiger partial charge in [0.15, 0.2) is 0 Å². The lowest BCUT2D eigenvalue weighted by Crippen LogP contribution is -2.17. The minimum atomic E-state index is -0.307. The molecule has 2 aromatic carbocycles. The molecule has 0 heterocycles. The molecule has 2 aromatic rings. The number of halogens is 2. The molecule has 2 rings (SSSR count). The SMILES string of the molecule is CC(N)Cc1cccc(Oc2ccc(F)c(Br)c2)c1.